The minimum Gasteiger partial charge on any atom is -0.352 e. The Labute approximate surface area is 242 Å². The van der Waals surface area contributed by atoms with Crippen LogP contribution < -0.4 is 9.62 Å². The number of benzene rings is 3. The molecule has 7 nitrogen and oxygen atoms in total. The number of halogens is 1. The standard InChI is InChI=1S/C32H38FN3O4S/c1-23-13-12-20-30(24(23)2)36(41(39,40)28-17-8-5-9-18-28)22-31(37)35(21-26-14-10-11-19-29(26)33)25(3)32(38)34-27-15-6-4-7-16-27/h5,8-14,17-20,25,27H,4,6-7,15-16,21-22H2,1-3H3,(H,34,38). The molecule has 1 saturated carbocycles. The molecule has 0 spiro atoms. The molecule has 218 valence electrons. The number of anilines is 1. The maximum absolute atomic E-state index is 14.7. The van der Waals surface area contributed by atoms with Crippen LogP contribution in [0, 0.1) is 19.7 Å². The molecule has 3 aromatic carbocycles. The summed E-state index contributed by atoms with van der Waals surface area (Å²) in [6.45, 7) is 4.54. The first-order valence-electron chi connectivity index (χ1n) is 14.1. The molecule has 1 aliphatic carbocycles. The van der Waals surface area contributed by atoms with Gasteiger partial charge >= 0.3 is 0 Å². The lowest BCUT2D eigenvalue weighted by Gasteiger charge is -2.33. The minimum atomic E-state index is -4.16. The summed E-state index contributed by atoms with van der Waals surface area (Å²) >= 11 is 0. The molecule has 1 atom stereocenters. The Hall–Kier alpha value is -3.72. The molecule has 1 unspecified atom stereocenters. The molecule has 0 bridgehead atoms. The van der Waals surface area contributed by atoms with Gasteiger partial charge in [0, 0.05) is 18.2 Å². The van der Waals surface area contributed by atoms with E-state index in [1.54, 1.807) is 62.4 Å². The quantitative estimate of drug-likeness (QED) is 0.344. The highest BCUT2D eigenvalue weighted by molar-refractivity contribution is 7.92. The molecule has 0 aromatic heterocycles. The maximum atomic E-state index is 14.7. The number of nitrogens with one attached hydrogen (secondary N) is 1. The van der Waals surface area contributed by atoms with Gasteiger partial charge in [-0.15, -0.1) is 0 Å². The van der Waals surface area contributed by atoms with Crippen LogP contribution in [0.5, 0.6) is 0 Å². The summed E-state index contributed by atoms with van der Waals surface area (Å²) in [6, 6.07) is 18.3. The summed E-state index contributed by atoms with van der Waals surface area (Å²) in [4.78, 5) is 28.8. The molecule has 1 fully saturated rings. The zero-order chi connectivity index (χ0) is 29.6. The Morgan fingerprint density at radius 2 is 1.59 bits per heavy atom. The molecule has 0 radical (unpaired) electrons. The van der Waals surface area contributed by atoms with Gasteiger partial charge in [0.25, 0.3) is 10.0 Å². The van der Waals surface area contributed by atoms with Gasteiger partial charge in [0.15, 0.2) is 0 Å². The SMILES string of the molecule is Cc1cccc(N(CC(=O)N(Cc2ccccc2F)C(C)C(=O)NC2CCCCC2)S(=O)(=O)c2ccccc2)c1C. The first kappa shape index (κ1) is 30.2. The average Bonchev–Trinajstić information content (AvgIpc) is 2.97. The van der Waals surface area contributed by atoms with Crippen molar-refractivity contribution in [3.63, 3.8) is 0 Å². The van der Waals surface area contributed by atoms with Gasteiger partial charge in [0.2, 0.25) is 11.8 Å². The number of amides is 2. The second-order valence-corrected chi connectivity index (χ2v) is 12.5. The molecule has 0 heterocycles. The first-order valence-corrected chi connectivity index (χ1v) is 15.5. The van der Waals surface area contributed by atoms with Gasteiger partial charge in [-0.2, -0.15) is 0 Å². The summed E-state index contributed by atoms with van der Waals surface area (Å²) in [6.07, 6.45) is 4.92. The fourth-order valence-electron chi connectivity index (χ4n) is 5.20. The maximum Gasteiger partial charge on any atom is 0.264 e. The van der Waals surface area contributed by atoms with Crippen LogP contribution in [0.15, 0.2) is 77.7 Å². The summed E-state index contributed by atoms with van der Waals surface area (Å²) in [5.41, 5.74) is 2.19. The monoisotopic (exact) mass is 579 g/mol. The highest BCUT2D eigenvalue weighted by Crippen LogP contribution is 2.29. The lowest BCUT2D eigenvalue weighted by Crippen LogP contribution is -2.53. The minimum absolute atomic E-state index is 0.0222. The molecular weight excluding hydrogens is 541 g/mol. The van der Waals surface area contributed by atoms with Gasteiger partial charge in [0.1, 0.15) is 18.4 Å². The number of nitrogens with zero attached hydrogens (tertiary/aromatic N) is 2. The Morgan fingerprint density at radius 1 is 0.927 bits per heavy atom. The molecule has 41 heavy (non-hydrogen) atoms. The molecule has 0 saturated heterocycles. The van der Waals surface area contributed by atoms with Crippen LogP contribution in [0.3, 0.4) is 0 Å². The second kappa shape index (κ2) is 13.3. The van der Waals surface area contributed by atoms with E-state index in [9.17, 15) is 22.4 Å². The van der Waals surface area contributed by atoms with Crippen molar-refractivity contribution in [2.45, 2.75) is 76.4 Å². The molecule has 1 aliphatic rings. The Morgan fingerprint density at radius 3 is 2.27 bits per heavy atom. The van der Waals surface area contributed by atoms with Crippen LogP contribution in [0.25, 0.3) is 0 Å². The van der Waals surface area contributed by atoms with Crippen molar-refractivity contribution in [2.75, 3.05) is 10.8 Å². The van der Waals surface area contributed by atoms with Gasteiger partial charge in [0.05, 0.1) is 10.6 Å². The van der Waals surface area contributed by atoms with E-state index in [1.807, 2.05) is 13.0 Å². The van der Waals surface area contributed by atoms with E-state index >= 15 is 0 Å². The normalized spacial score (nSPS) is 14.7. The highest BCUT2D eigenvalue weighted by Gasteiger charge is 2.34. The highest BCUT2D eigenvalue weighted by atomic mass is 32.2. The van der Waals surface area contributed by atoms with Crippen LogP contribution in [0.1, 0.15) is 55.7 Å². The first-order chi connectivity index (χ1) is 19.6. The van der Waals surface area contributed by atoms with Gasteiger partial charge in [-0.25, -0.2) is 12.8 Å². The van der Waals surface area contributed by atoms with Gasteiger partial charge < -0.3 is 10.2 Å². The zero-order valence-electron chi connectivity index (χ0n) is 23.8. The lowest BCUT2D eigenvalue weighted by atomic mass is 9.95. The van der Waals surface area contributed by atoms with Gasteiger partial charge in [-0.05, 0) is 69.0 Å². The predicted molar refractivity (Wildman–Crippen MR) is 158 cm³/mol. The number of hydrogen-bond donors (Lipinski definition) is 1. The van der Waals surface area contributed by atoms with E-state index in [0.29, 0.717) is 11.3 Å². The number of carbonyl (C=O) groups is 2. The predicted octanol–water partition coefficient (Wildman–Crippen LogP) is 5.50. The molecular formula is C32H38FN3O4S. The molecule has 4 rings (SSSR count). The van der Waals surface area contributed by atoms with E-state index in [-0.39, 0.29) is 29.0 Å². The van der Waals surface area contributed by atoms with Crippen LogP contribution in [0.2, 0.25) is 0 Å². The third-order valence-corrected chi connectivity index (χ3v) is 9.65. The fourth-order valence-corrected chi connectivity index (χ4v) is 6.69. The fraction of sp³-hybridized carbons (Fsp3) is 0.375. The van der Waals surface area contributed by atoms with Gasteiger partial charge in [-0.3, -0.25) is 13.9 Å². The number of rotatable bonds is 10. The third kappa shape index (κ3) is 7.14. The zero-order valence-corrected chi connectivity index (χ0v) is 24.7. The van der Waals surface area contributed by atoms with Crippen molar-refractivity contribution in [3.05, 3.63) is 95.3 Å². The number of sulfonamides is 1. The second-order valence-electron chi connectivity index (χ2n) is 10.7. The van der Waals surface area contributed by atoms with Crippen molar-refractivity contribution < 1.29 is 22.4 Å². The van der Waals surface area contributed by atoms with Crippen LogP contribution >= 0.6 is 0 Å². The van der Waals surface area contributed by atoms with E-state index in [2.05, 4.69) is 5.32 Å². The number of hydrogen-bond acceptors (Lipinski definition) is 4. The van der Waals surface area contributed by atoms with Crippen molar-refractivity contribution in [1.29, 1.82) is 0 Å². The van der Waals surface area contributed by atoms with Crippen LogP contribution in [-0.4, -0.2) is 43.8 Å². The third-order valence-electron chi connectivity index (χ3n) is 7.87. The average molecular weight is 580 g/mol. The Bertz CT molecular complexity index is 1470. The Kier molecular flexibility index (Phi) is 9.81. The molecule has 9 heteroatoms. The smallest absolute Gasteiger partial charge is 0.264 e. The topological polar surface area (TPSA) is 86.8 Å². The van der Waals surface area contributed by atoms with E-state index in [0.717, 1.165) is 42.0 Å². The molecule has 0 aliphatic heterocycles. The van der Waals surface area contributed by atoms with Crippen LogP contribution in [0.4, 0.5) is 10.1 Å². The molecule has 1 N–H and O–H groups in total. The van der Waals surface area contributed by atoms with Crippen molar-refractivity contribution in [2.24, 2.45) is 0 Å². The molecule has 2 amide bonds. The summed E-state index contributed by atoms with van der Waals surface area (Å²) in [7, 11) is -4.16. The Balaban J connectivity index is 1.71. The largest absolute Gasteiger partial charge is 0.352 e. The van der Waals surface area contributed by atoms with E-state index in [4.69, 9.17) is 0 Å². The lowest BCUT2D eigenvalue weighted by molar-refractivity contribution is -0.139. The number of aryl methyl sites for hydroxylation is 1. The van der Waals surface area contributed by atoms with E-state index in [1.165, 1.54) is 23.1 Å². The molecule has 3 aromatic rings. The van der Waals surface area contributed by atoms with Gasteiger partial charge in [-0.1, -0.05) is 67.8 Å². The van der Waals surface area contributed by atoms with Crippen molar-refractivity contribution in [1.82, 2.24) is 10.2 Å². The van der Waals surface area contributed by atoms with Crippen molar-refractivity contribution >= 4 is 27.5 Å². The number of carbonyl (C=O) groups excluding carboxylic acids is 2. The van der Waals surface area contributed by atoms with Crippen molar-refractivity contribution in [3.8, 4) is 0 Å². The van der Waals surface area contributed by atoms with Crippen LogP contribution in [-0.2, 0) is 26.2 Å². The van der Waals surface area contributed by atoms with E-state index < -0.39 is 34.3 Å². The summed E-state index contributed by atoms with van der Waals surface area (Å²) in [5, 5.41) is 3.05. The summed E-state index contributed by atoms with van der Waals surface area (Å²) < 4.78 is 43.7. The summed E-state index contributed by atoms with van der Waals surface area (Å²) in [5.74, 6) is -1.46.